The number of hydrogen-bond acceptors (Lipinski definition) is 3. The number of hydrogen-bond donors (Lipinski definition) is 1. The number of aliphatic hydroxyl groups excluding tert-OH is 1. The van der Waals surface area contributed by atoms with Gasteiger partial charge in [-0.05, 0) is 68.8 Å². The molecule has 1 amide bonds. The van der Waals surface area contributed by atoms with Gasteiger partial charge in [-0.2, -0.15) is 0 Å². The lowest BCUT2D eigenvalue weighted by Gasteiger charge is -2.45. The molecule has 1 N–H and O–H groups in total. The quantitative estimate of drug-likeness (QED) is 0.921. The molecule has 1 atom stereocenters. The zero-order chi connectivity index (χ0) is 17.2. The largest absolute Gasteiger partial charge is 0.396 e. The van der Waals surface area contributed by atoms with Gasteiger partial charge in [0.15, 0.2) is 0 Å². The van der Waals surface area contributed by atoms with Crippen molar-refractivity contribution in [3.63, 3.8) is 0 Å². The second-order valence-electron chi connectivity index (χ2n) is 7.18. The summed E-state index contributed by atoms with van der Waals surface area (Å²) in [4.78, 5) is 16.9. The minimum Gasteiger partial charge on any atom is -0.396 e. The summed E-state index contributed by atoms with van der Waals surface area (Å²) in [6.45, 7) is 4.71. The van der Waals surface area contributed by atoms with E-state index in [1.54, 1.807) is 17.0 Å². The van der Waals surface area contributed by atoms with Gasteiger partial charge in [-0.25, -0.2) is 4.39 Å². The average Bonchev–Trinajstić information content (AvgIpc) is 2.62. The molecule has 1 aromatic rings. The van der Waals surface area contributed by atoms with E-state index < -0.39 is 0 Å². The highest BCUT2D eigenvalue weighted by atomic mass is 19.1. The summed E-state index contributed by atoms with van der Waals surface area (Å²) in [5, 5.41) is 9.68. The third kappa shape index (κ3) is 3.33. The van der Waals surface area contributed by atoms with Crippen molar-refractivity contribution in [1.82, 2.24) is 4.90 Å². The molecule has 0 aliphatic carbocycles. The monoisotopic (exact) mass is 334 g/mol. The molecule has 1 aromatic carbocycles. The van der Waals surface area contributed by atoms with Crippen LogP contribution in [0, 0.1) is 11.2 Å². The molecule has 1 unspecified atom stereocenters. The van der Waals surface area contributed by atoms with Crippen molar-refractivity contribution >= 4 is 11.6 Å². The van der Waals surface area contributed by atoms with Crippen LogP contribution in [0.2, 0.25) is 0 Å². The Morgan fingerprint density at radius 3 is 2.67 bits per heavy atom. The van der Waals surface area contributed by atoms with E-state index >= 15 is 0 Å². The lowest BCUT2D eigenvalue weighted by Crippen LogP contribution is -2.55. The number of nitrogens with zero attached hydrogens (tertiary/aromatic N) is 2. The van der Waals surface area contributed by atoms with Gasteiger partial charge in [0.1, 0.15) is 5.82 Å². The van der Waals surface area contributed by atoms with Crippen molar-refractivity contribution in [2.24, 2.45) is 5.41 Å². The number of aliphatic hydroxyl groups is 1. The number of carbonyl (C=O) groups excluding carboxylic acids is 1. The van der Waals surface area contributed by atoms with Crippen LogP contribution in [0.4, 0.5) is 10.1 Å². The molecular formula is C19H27FN2O2. The first-order chi connectivity index (χ1) is 11.6. The van der Waals surface area contributed by atoms with Gasteiger partial charge < -0.3 is 10.0 Å². The fraction of sp³-hybridized carbons (Fsp3) is 0.632. The standard InChI is InChI=1S/C19H27FN2O2/c1-2-19(14-23)8-11-21(12-9-19)17-7-4-10-22(18(17)24)16-6-3-5-15(20)13-16/h3,5-6,13,17,23H,2,4,7-12,14H2,1H3. The Balaban J connectivity index is 1.70. The van der Waals surface area contributed by atoms with Crippen LogP contribution >= 0.6 is 0 Å². The third-order valence-corrected chi connectivity index (χ3v) is 5.92. The molecule has 2 saturated heterocycles. The van der Waals surface area contributed by atoms with Gasteiger partial charge in [-0.1, -0.05) is 13.0 Å². The predicted octanol–water partition coefficient (Wildman–Crippen LogP) is 2.81. The van der Waals surface area contributed by atoms with Gasteiger partial charge in [-0.3, -0.25) is 9.69 Å². The molecular weight excluding hydrogens is 307 g/mol. The zero-order valence-corrected chi connectivity index (χ0v) is 14.4. The highest BCUT2D eigenvalue weighted by Crippen LogP contribution is 2.36. The smallest absolute Gasteiger partial charge is 0.244 e. The van der Waals surface area contributed by atoms with Crippen molar-refractivity contribution in [3.8, 4) is 0 Å². The van der Waals surface area contributed by atoms with Crippen LogP contribution in [-0.4, -0.2) is 48.2 Å². The fourth-order valence-electron chi connectivity index (χ4n) is 4.03. The van der Waals surface area contributed by atoms with Gasteiger partial charge in [0.25, 0.3) is 0 Å². The number of likely N-dealkylation sites (tertiary alicyclic amines) is 1. The first-order valence-corrected chi connectivity index (χ1v) is 9.00. The number of benzene rings is 1. The first kappa shape index (κ1) is 17.4. The molecule has 0 radical (unpaired) electrons. The highest BCUT2D eigenvalue weighted by molar-refractivity contribution is 5.97. The van der Waals surface area contributed by atoms with Gasteiger partial charge in [-0.15, -0.1) is 0 Å². The van der Waals surface area contributed by atoms with E-state index in [0.717, 1.165) is 45.2 Å². The minimum atomic E-state index is -0.309. The summed E-state index contributed by atoms with van der Waals surface area (Å²) in [5.74, 6) is -0.226. The Bertz CT molecular complexity index is 578. The lowest BCUT2D eigenvalue weighted by atomic mass is 9.76. The van der Waals surface area contributed by atoms with Crippen molar-refractivity contribution in [2.45, 2.75) is 45.1 Å². The fourth-order valence-corrected chi connectivity index (χ4v) is 4.03. The molecule has 2 heterocycles. The number of amides is 1. The second kappa shape index (κ2) is 7.19. The Labute approximate surface area is 143 Å². The molecule has 2 aliphatic heterocycles. The number of anilines is 1. The number of rotatable bonds is 4. The zero-order valence-electron chi connectivity index (χ0n) is 14.4. The van der Waals surface area contributed by atoms with E-state index in [1.165, 1.54) is 12.1 Å². The van der Waals surface area contributed by atoms with Crippen LogP contribution in [-0.2, 0) is 4.79 Å². The highest BCUT2D eigenvalue weighted by Gasteiger charge is 2.39. The molecule has 5 heteroatoms. The van der Waals surface area contributed by atoms with Gasteiger partial charge in [0, 0.05) is 18.8 Å². The molecule has 24 heavy (non-hydrogen) atoms. The minimum absolute atomic E-state index is 0.0243. The van der Waals surface area contributed by atoms with E-state index in [9.17, 15) is 14.3 Å². The summed E-state index contributed by atoms with van der Waals surface area (Å²) < 4.78 is 13.5. The number of halogens is 1. The van der Waals surface area contributed by atoms with Crippen LogP contribution in [0.5, 0.6) is 0 Å². The van der Waals surface area contributed by atoms with E-state index in [-0.39, 0.29) is 29.8 Å². The Morgan fingerprint density at radius 1 is 1.29 bits per heavy atom. The molecule has 0 bridgehead atoms. The van der Waals surface area contributed by atoms with E-state index in [4.69, 9.17) is 0 Å². The Hall–Kier alpha value is -1.46. The summed E-state index contributed by atoms with van der Waals surface area (Å²) in [7, 11) is 0. The van der Waals surface area contributed by atoms with Gasteiger partial charge in [0.05, 0.1) is 6.04 Å². The molecule has 4 nitrogen and oxygen atoms in total. The van der Waals surface area contributed by atoms with Crippen LogP contribution in [0.1, 0.15) is 39.0 Å². The molecule has 2 fully saturated rings. The third-order valence-electron chi connectivity index (χ3n) is 5.92. The summed E-state index contributed by atoms with van der Waals surface area (Å²) in [6, 6.07) is 6.17. The molecule has 0 spiro atoms. The number of carbonyl (C=O) groups is 1. The van der Waals surface area contributed by atoms with Crippen LogP contribution < -0.4 is 4.90 Å². The second-order valence-corrected chi connectivity index (χ2v) is 7.18. The van der Waals surface area contributed by atoms with Crippen LogP contribution in [0.15, 0.2) is 24.3 Å². The van der Waals surface area contributed by atoms with Crippen LogP contribution in [0.3, 0.4) is 0 Å². The van der Waals surface area contributed by atoms with Crippen molar-refractivity contribution in [2.75, 3.05) is 31.1 Å². The van der Waals surface area contributed by atoms with E-state index in [2.05, 4.69) is 11.8 Å². The topological polar surface area (TPSA) is 43.8 Å². The van der Waals surface area contributed by atoms with Crippen molar-refractivity contribution in [3.05, 3.63) is 30.1 Å². The summed E-state index contributed by atoms with van der Waals surface area (Å²) in [5.41, 5.74) is 0.677. The molecule has 2 aliphatic rings. The maximum atomic E-state index is 13.5. The molecule has 0 saturated carbocycles. The van der Waals surface area contributed by atoms with Crippen molar-refractivity contribution in [1.29, 1.82) is 0 Å². The maximum Gasteiger partial charge on any atom is 0.244 e. The SMILES string of the molecule is CCC1(CO)CCN(C2CCCN(c3cccc(F)c3)C2=O)CC1. The summed E-state index contributed by atoms with van der Waals surface area (Å²) >= 11 is 0. The molecule has 0 aromatic heterocycles. The lowest BCUT2D eigenvalue weighted by molar-refractivity contribution is -0.126. The average molecular weight is 334 g/mol. The Kier molecular flexibility index (Phi) is 5.21. The van der Waals surface area contributed by atoms with Crippen molar-refractivity contribution < 1.29 is 14.3 Å². The summed E-state index contributed by atoms with van der Waals surface area (Å²) in [6.07, 6.45) is 4.64. The first-order valence-electron chi connectivity index (χ1n) is 9.00. The van der Waals surface area contributed by atoms with Gasteiger partial charge >= 0.3 is 0 Å². The molecule has 3 rings (SSSR count). The number of piperidine rings is 2. The normalized spacial score (nSPS) is 25.0. The van der Waals surface area contributed by atoms with E-state index in [1.807, 2.05) is 0 Å². The van der Waals surface area contributed by atoms with E-state index in [0.29, 0.717) is 12.2 Å². The van der Waals surface area contributed by atoms with Gasteiger partial charge in [0.2, 0.25) is 5.91 Å². The Morgan fingerprint density at radius 2 is 2.04 bits per heavy atom. The molecule has 132 valence electrons. The maximum absolute atomic E-state index is 13.5. The van der Waals surface area contributed by atoms with Crippen LogP contribution in [0.25, 0.3) is 0 Å². The predicted molar refractivity (Wildman–Crippen MR) is 92.4 cm³/mol.